The molecule has 3 rings (SSSR count). The van der Waals surface area contributed by atoms with Crippen molar-refractivity contribution in [3.05, 3.63) is 35.6 Å². The summed E-state index contributed by atoms with van der Waals surface area (Å²) >= 11 is 1.99. The van der Waals surface area contributed by atoms with Crippen molar-refractivity contribution in [1.82, 2.24) is 5.32 Å². The zero-order valence-corrected chi connectivity index (χ0v) is 11.8. The van der Waals surface area contributed by atoms with Crippen molar-refractivity contribution < 1.29 is 9.13 Å². The average molecular weight is 281 g/mol. The van der Waals surface area contributed by atoms with Gasteiger partial charge in [0.05, 0.1) is 5.60 Å². The molecular formula is C15H20FNOS. The van der Waals surface area contributed by atoms with Crippen LogP contribution in [0.3, 0.4) is 0 Å². The first kappa shape index (κ1) is 13.4. The van der Waals surface area contributed by atoms with Crippen LogP contribution >= 0.6 is 11.8 Å². The van der Waals surface area contributed by atoms with E-state index in [1.165, 1.54) is 11.8 Å². The van der Waals surface area contributed by atoms with Crippen molar-refractivity contribution in [2.45, 2.75) is 37.5 Å². The van der Waals surface area contributed by atoms with Gasteiger partial charge in [-0.2, -0.15) is 11.8 Å². The number of ether oxygens (including phenoxy) is 1. The number of rotatable bonds is 3. The summed E-state index contributed by atoms with van der Waals surface area (Å²) in [5.74, 6) is 2.21. The first-order valence-corrected chi connectivity index (χ1v) is 8.11. The molecule has 0 bridgehead atoms. The van der Waals surface area contributed by atoms with Crippen LogP contribution in [0.15, 0.2) is 24.3 Å². The molecule has 1 aromatic rings. The molecule has 1 N–H and O–H groups in total. The molecule has 2 saturated heterocycles. The maximum absolute atomic E-state index is 13.6. The molecule has 0 saturated carbocycles. The van der Waals surface area contributed by atoms with Gasteiger partial charge in [-0.15, -0.1) is 0 Å². The quantitative estimate of drug-likeness (QED) is 0.920. The summed E-state index contributed by atoms with van der Waals surface area (Å²) in [5, 5.41) is 3.50. The third-order valence-corrected chi connectivity index (χ3v) is 5.32. The minimum Gasteiger partial charge on any atom is -0.374 e. The van der Waals surface area contributed by atoms with Crippen LogP contribution in [0.1, 0.15) is 24.8 Å². The van der Waals surface area contributed by atoms with E-state index >= 15 is 0 Å². The van der Waals surface area contributed by atoms with E-state index in [2.05, 4.69) is 5.32 Å². The molecule has 19 heavy (non-hydrogen) atoms. The Morgan fingerprint density at radius 3 is 3.11 bits per heavy atom. The Balaban J connectivity index is 1.57. The Bertz CT molecular complexity index is 434. The van der Waals surface area contributed by atoms with Crippen molar-refractivity contribution in [2.75, 3.05) is 18.1 Å². The van der Waals surface area contributed by atoms with Gasteiger partial charge in [-0.3, -0.25) is 0 Å². The highest BCUT2D eigenvalue weighted by molar-refractivity contribution is 7.99. The fourth-order valence-electron chi connectivity index (χ4n) is 2.96. The van der Waals surface area contributed by atoms with Gasteiger partial charge in [0.15, 0.2) is 0 Å². The highest BCUT2D eigenvalue weighted by Gasteiger charge is 2.40. The SMILES string of the molecule is Fc1ccccc1CNC1CCOC2(CCSC2)C1. The number of nitrogens with one attached hydrogen (secondary N) is 1. The molecule has 2 nitrogen and oxygen atoms in total. The number of benzene rings is 1. The highest BCUT2D eigenvalue weighted by atomic mass is 32.2. The van der Waals surface area contributed by atoms with Gasteiger partial charge in [0.25, 0.3) is 0 Å². The van der Waals surface area contributed by atoms with Gasteiger partial charge in [-0.05, 0) is 31.1 Å². The number of halogens is 1. The van der Waals surface area contributed by atoms with Gasteiger partial charge in [0.2, 0.25) is 0 Å². The summed E-state index contributed by atoms with van der Waals surface area (Å²) in [7, 11) is 0. The molecule has 2 aliphatic heterocycles. The fraction of sp³-hybridized carbons (Fsp3) is 0.600. The second-order valence-electron chi connectivity index (χ2n) is 5.50. The lowest BCUT2D eigenvalue weighted by Crippen LogP contribution is -2.47. The Morgan fingerprint density at radius 1 is 1.42 bits per heavy atom. The zero-order valence-electron chi connectivity index (χ0n) is 11.0. The monoisotopic (exact) mass is 281 g/mol. The smallest absolute Gasteiger partial charge is 0.127 e. The Hall–Kier alpha value is -0.580. The lowest BCUT2D eigenvalue weighted by atomic mass is 9.90. The third kappa shape index (κ3) is 3.12. The maximum atomic E-state index is 13.6. The van der Waals surface area contributed by atoms with Gasteiger partial charge in [-0.25, -0.2) is 4.39 Å². The lowest BCUT2D eigenvalue weighted by molar-refractivity contribution is -0.0703. The predicted molar refractivity (Wildman–Crippen MR) is 76.9 cm³/mol. The summed E-state index contributed by atoms with van der Waals surface area (Å²) in [6, 6.07) is 7.45. The lowest BCUT2D eigenvalue weighted by Gasteiger charge is -2.38. The molecular weight excluding hydrogens is 261 g/mol. The van der Waals surface area contributed by atoms with Crippen LogP contribution in [0, 0.1) is 5.82 Å². The Morgan fingerprint density at radius 2 is 2.32 bits per heavy atom. The first-order valence-electron chi connectivity index (χ1n) is 6.96. The highest BCUT2D eigenvalue weighted by Crippen LogP contribution is 2.38. The van der Waals surface area contributed by atoms with Gasteiger partial charge in [0.1, 0.15) is 5.82 Å². The molecule has 0 radical (unpaired) electrons. The topological polar surface area (TPSA) is 21.3 Å². The van der Waals surface area contributed by atoms with E-state index in [1.54, 1.807) is 6.07 Å². The van der Waals surface area contributed by atoms with Crippen molar-refractivity contribution in [3.63, 3.8) is 0 Å². The van der Waals surface area contributed by atoms with Gasteiger partial charge in [-0.1, -0.05) is 18.2 Å². The zero-order chi connectivity index (χ0) is 13.1. The summed E-state index contributed by atoms with van der Waals surface area (Å²) < 4.78 is 19.6. The first-order chi connectivity index (χ1) is 9.27. The van der Waals surface area contributed by atoms with Crippen LogP contribution in [0.5, 0.6) is 0 Å². The third-order valence-electron chi connectivity index (χ3n) is 4.10. The van der Waals surface area contributed by atoms with E-state index in [0.29, 0.717) is 12.6 Å². The molecule has 1 aromatic carbocycles. The van der Waals surface area contributed by atoms with Crippen molar-refractivity contribution in [1.29, 1.82) is 0 Å². The minimum absolute atomic E-state index is 0.0931. The largest absolute Gasteiger partial charge is 0.374 e. The molecule has 2 atom stereocenters. The molecule has 2 heterocycles. The molecule has 4 heteroatoms. The van der Waals surface area contributed by atoms with Crippen molar-refractivity contribution in [3.8, 4) is 0 Å². The van der Waals surface area contributed by atoms with Crippen molar-refractivity contribution in [2.24, 2.45) is 0 Å². The molecule has 2 unspecified atom stereocenters. The molecule has 0 aliphatic carbocycles. The Kier molecular flexibility index (Phi) is 4.10. The number of hydrogen-bond acceptors (Lipinski definition) is 3. The molecule has 0 aromatic heterocycles. The van der Waals surface area contributed by atoms with Crippen LogP contribution in [-0.4, -0.2) is 29.8 Å². The number of hydrogen-bond donors (Lipinski definition) is 1. The summed E-state index contributed by atoms with van der Waals surface area (Å²) in [6.45, 7) is 1.44. The van der Waals surface area contributed by atoms with Gasteiger partial charge >= 0.3 is 0 Å². The summed E-state index contributed by atoms with van der Waals surface area (Å²) in [4.78, 5) is 0. The molecule has 2 fully saturated rings. The fourth-order valence-corrected chi connectivity index (χ4v) is 4.34. The normalized spacial score (nSPS) is 30.9. The predicted octanol–water partition coefficient (Wildman–Crippen LogP) is 2.97. The molecule has 104 valence electrons. The van der Waals surface area contributed by atoms with Crippen LogP contribution < -0.4 is 5.32 Å². The maximum Gasteiger partial charge on any atom is 0.127 e. The van der Waals surface area contributed by atoms with Crippen LogP contribution in [0.2, 0.25) is 0 Å². The van der Waals surface area contributed by atoms with Crippen LogP contribution in [0.25, 0.3) is 0 Å². The minimum atomic E-state index is -0.117. The average Bonchev–Trinajstić information content (AvgIpc) is 2.86. The standard InChI is InChI=1S/C15H20FNOS/c16-14-4-2-1-3-12(14)10-17-13-5-7-18-15(9-13)6-8-19-11-15/h1-4,13,17H,5-11H2. The molecule has 0 amide bonds. The van der Waals surface area contributed by atoms with Gasteiger partial charge in [0, 0.05) is 30.5 Å². The Labute approximate surface area is 118 Å². The molecule has 1 spiro atoms. The molecule has 2 aliphatic rings. The van der Waals surface area contributed by atoms with E-state index in [1.807, 2.05) is 23.9 Å². The van der Waals surface area contributed by atoms with Crippen LogP contribution in [-0.2, 0) is 11.3 Å². The number of thioether (sulfide) groups is 1. The second-order valence-corrected chi connectivity index (χ2v) is 6.60. The van der Waals surface area contributed by atoms with Crippen LogP contribution in [0.4, 0.5) is 4.39 Å². The van der Waals surface area contributed by atoms with E-state index in [4.69, 9.17) is 4.74 Å². The summed E-state index contributed by atoms with van der Waals surface area (Å²) in [5.41, 5.74) is 0.847. The summed E-state index contributed by atoms with van der Waals surface area (Å²) in [6.07, 6.45) is 3.25. The van der Waals surface area contributed by atoms with E-state index in [0.717, 1.165) is 37.2 Å². The van der Waals surface area contributed by atoms with Crippen molar-refractivity contribution >= 4 is 11.8 Å². The van der Waals surface area contributed by atoms with Gasteiger partial charge < -0.3 is 10.1 Å². The second kappa shape index (κ2) is 5.81. The van der Waals surface area contributed by atoms with E-state index in [9.17, 15) is 4.39 Å². The van der Waals surface area contributed by atoms with E-state index < -0.39 is 0 Å². The van der Waals surface area contributed by atoms with E-state index in [-0.39, 0.29) is 11.4 Å².